The van der Waals surface area contributed by atoms with Gasteiger partial charge in [0, 0.05) is 13.1 Å². The third-order valence-electron chi connectivity index (χ3n) is 3.96. The number of hydrogen-bond donors (Lipinski definition) is 1. The second kappa shape index (κ2) is 11.5. The molecule has 1 aromatic carbocycles. The highest BCUT2D eigenvalue weighted by Crippen LogP contribution is 2.09. The lowest BCUT2D eigenvalue weighted by atomic mass is 10.1. The monoisotopic (exact) mass is 331 g/mol. The van der Waals surface area contributed by atoms with Crippen molar-refractivity contribution in [2.24, 2.45) is 0 Å². The Morgan fingerprint density at radius 2 is 1.62 bits per heavy atom. The van der Waals surface area contributed by atoms with Crippen molar-refractivity contribution in [2.45, 2.75) is 46.1 Å². The summed E-state index contributed by atoms with van der Waals surface area (Å²) in [7, 11) is 0. The van der Waals surface area contributed by atoms with Crippen molar-refractivity contribution < 1.29 is 9.90 Å². The number of unbranched alkanes of at least 4 members (excludes halogenated alkanes) is 1. The Bertz CT molecular complexity index is 516. The minimum atomic E-state index is -0.890. The highest BCUT2D eigenvalue weighted by atomic mass is 16.4. The Hall–Kier alpha value is -2.06. The Balaban J connectivity index is 2.43. The zero-order valence-corrected chi connectivity index (χ0v) is 14.9. The number of rotatable bonds is 11. The maximum atomic E-state index is 11.4. The van der Waals surface area contributed by atoms with Gasteiger partial charge in [-0.1, -0.05) is 26.0 Å². The predicted molar refractivity (Wildman–Crippen MR) is 95.8 cm³/mol. The van der Waals surface area contributed by atoms with Crippen LogP contribution in [0.1, 0.15) is 50.7 Å². The summed E-state index contributed by atoms with van der Waals surface area (Å²) in [4.78, 5) is 15.3. The van der Waals surface area contributed by atoms with Gasteiger partial charge >= 0.3 is 6.09 Å². The maximum absolute atomic E-state index is 11.4. The third kappa shape index (κ3) is 7.47. The molecule has 24 heavy (non-hydrogen) atoms. The van der Waals surface area contributed by atoms with Crippen molar-refractivity contribution in [3.05, 3.63) is 35.4 Å². The van der Waals surface area contributed by atoms with Crippen LogP contribution in [0.25, 0.3) is 0 Å². The number of nitrogens with zero attached hydrogens (tertiary/aromatic N) is 3. The lowest BCUT2D eigenvalue weighted by molar-refractivity contribution is 0.140. The van der Waals surface area contributed by atoms with E-state index in [1.807, 2.05) is 12.1 Å². The maximum Gasteiger partial charge on any atom is 0.407 e. The molecule has 1 amide bonds. The van der Waals surface area contributed by atoms with Gasteiger partial charge in [-0.3, -0.25) is 0 Å². The van der Waals surface area contributed by atoms with Crippen LogP contribution in [0.2, 0.25) is 0 Å². The molecule has 0 radical (unpaired) electrons. The molecule has 1 aromatic rings. The molecule has 0 atom stereocenters. The van der Waals surface area contributed by atoms with Crippen molar-refractivity contribution >= 4 is 6.09 Å². The number of carbonyl (C=O) groups is 1. The van der Waals surface area contributed by atoms with E-state index in [1.54, 1.807) is 12.1 Å². The molecular formula is C19H29N3O2. The van der Waals surface area contributed by atoms with E-state index in [0.29, 0.717) is 18.7 Å². The topological polar surface area (TPSA) is 67.6 Å². The Morgan fingerprint density at radius 3 is 2.12 bits per heavy atom. The molecular weight excluding hydrogens is 302 g/mol. The summed E-state index contributed by atoms with van der Waals surface area (Å²) in [6.07, 6.45) is 3.29. The van der Waals surface area contributed by atoms with E-state index in [4.69, 9.17) is 5.26 Å². The molecule has 1 rings (SSSR count). The Labute approximate surface area is 145 Å². The van der Waals surface area contributed by atoms with Crippen LogP contribution >= 0.6 is 0 Å². The summed E-state index contributed by atoms with van der Waals surface area (Å²) >= 11 is 0. The highest BCUT2D eigenvalue weighted by Gasteiger charge is 2.12. The average Bonchev–Trinajstić information content (AvgIpc) is 2.58. The van der Waals surface area contributed by atoms with Crippen molar-refractivity contribution in [2.75, 3.05) is 26.2 Å². The van der Waals surface area contributed by atoms with Crippen molar-refractivity contribution in [1.82, 2.24) is 9.80 Å². The number of benzene rings is 1. The first kappa shape index (κ1) is 20.0. The molecule has 5 nitrogen and oxygen atoms in total. The Kier molecular flexibility index (Phi) is 9.55. The molecule has 132 valence electrons. The van der Waals surface area contributed by atoms with E-state index < -0.39 is 6.09 Å². The number of amides is 1. The summed E-state index contributed by atoms with van der Waals surface area (Å²) < 4.78 is 0. The van der Waals surface area contributed by atoms with Crippen LogP contribution in [0.4, 0.5) is 4.79 Å². The van der Waals surface area contributed by atoms with Crippen LogP contribution in [0.15, 0.2) is 24.3 Å². The molecule has 0 aliphatic heterocycles. The molecule has 0 saturated carbocycles. The number of nitriles is 1. The molecule has 0 unspecified atom stereocenters. The first-order valence-electron chi connectivity index (χ1n) is 8.80. The van der Waals surface area contributed by atoms with Crippen LogP contribution < -0.4 is 0 Å². The molecule has 0 heterocycles. The largest absolute Gasteiger partial charge is 0.465 e. The second-order valence-corrected chi connectivity index (χ2v) is 6.06. The molecule has 0 aliphatic carbocycles. The fourth-order valence-corrected chi connectivity index (χ4v) is 2.75. The molecule has 0 aromatic heterocycles. The van der Waals surface area contributed by atoms with Gasteiger partial charge in [0.05, 0.1) is 11.6 Å². The number of carboxylic acid groups (broad SMARTS) is 1. The van der Waals surface area contributed by atoms with E-state index in [1.165, 1.54) is 4.90 Å². The van der Waals surface area contributed by atoms with E-state index >= 15 is 0 Å². The van der Waals surface area contributed by atoms with Crippen LogP contribution in [-0.4, -0.2) is 47.2 Å². The van der Waals surface area contributed by atoms with Gasteiger partial charge in [0.25, 0.3) is 0 Å². The van der Waals surface area contributed by atoms with Gasteiger partial charge in [-0.15, -0.1) is 0 Å². The fourth-order valence-electron chi connectivity index (χ4n) is 2.75. The summed E-state index contributed by atoms with van der Waals surface area (Å²) in [6, 6.07) is 9.15. The van der Waals surface area contributed by atoms with Gasteiger partial charge < -0.3 is 14.9 Å². The lowest BCUT2D eigenvalue weighted by Gasteiger charge is -2.22. The minimum Gasteiger partial charge on any atom is -0.465 e. The van der Waals surface area contributed by atoms with Gasteiger partial charge in [-0.2, -0.15) is 5.26 Å². The van der Waals surface area contributed by atoms with Crippen molar-refractivity contribution in [3.8, 4) is 6.07 Å². The van der Waals surface area contributed by atoms with Crippen LogP contribution in [0, 0.1) is 11.3 Å². The van der Waals surface area contributed by atoms with Gasteiger partial charge in [-0.25, -0.2) is 4.79 Å². The highest BCUT2D eigenvalue weighted by molar-refractivity contribution is 5.65. The molecule has 0 bridgehead atoms. The summed E-state index contributed by atoms with van der Waals surface area (Å²) in [5.74, 6) is 0. The Morgan fingerprint density at radius 1 is 1.04 bits per heavy atom. The quantitative estimate of drug-likeness (QED) is 0.624. The van der Waals surface area contributed by atoms with Crippen LogP contribution in [0.5, 0.6) is 0 Å². The lowest BCUT2D eigenvalue weighted by Crippen LogP contribution is -2.31. The van der Waals surface area contributed by atoms with Crippen molar-refractivity contribution in [1.29, 1.82) is 5.26 Å². The molecule has 1 N–H and O–H groups in total. The van der Waals surface area contributed by atoms with Crippen LogP contribution in [-0.2, 0) is 6.54 Å². The van der Waals surface area contributed by atoms with Gasteiger partial charge in [-0.05, 0) is 63.0 Å². The van der Waals surface area contributed by atoms with Crippen molar-refractivity contribution in [3.63, 3.8) is 0 Å². The van der Waals surface area contributed by atoms with E-state index in [2.05, 4.69) is 24.8 Å². The van der Waals surface area contributed by atoms with Gasteiger partial charge in [0.15, 0.2) is 0 Å². The van der Waals surface area contributed by atoms with Crippen LogP contribution in [0.3, 0.4) is 0 Å². The summed E-state index contributed by atoms with van der Waals surface area (Å²) in [6.45, 7) is 8.55. The van der Waals surface area contributed by atoms with E-state index in [9.17, 15) is 9.90 Å². The zero-order valence-electron chi connectivity index (χ0n) is 14.9. The average molecular weight is 331 g/mol. The minimum absolute atomic E-state index is 0.370. The zero-order chi connectivity index (χ0) is 17.8. The SMILES string of the molecule is CCCN(CCC)CCCCN(Cc1ccc(C#N)cc1)C(=O)O. The summed E-state index contributed by atoms with van der Waals surface area (Å²) in [5.41, 5.74) is 1.50. The molecule has 0 aliphatic rings. The normalized spacial score (nSPS) is 10.6. The third-order valence-corrected chi connectivity index (χ3v) is 3.96. The smallest absolute Gasteiger partial charge is 0.407 e. The first-order chi connectivity index (χ1) is 11.6. The molecule has 0 spiro atoms. The predicted octanol–water partition coefficient (Wildman–Crippen LogP) is 3.94. The molecule has 0 fully saturated rings. The van der Waals surface area contributed by atoms with E-state index in [-0.39, 0.29) is 0 Å². The second-order valence-electron chi connectivity index (χ2n) is 6.06. The number of hydrogen-bond acceptors (Lipinski definition) is 3. The fraction of sp³-hybridized carbons (Fsp3) is 0.579. The first-order valence-corrected chi connectivity index (χ1v) is 8.80. The summed E-state index contributed by atoms with van der Waals surface area (Å²) in [5, 5.41) is 18.2. The molecule has 5 heteroatoms. The standard InChI is InChI=1S/C19H29N3O2/c1-3-11-21(12-4-2)13-5-6-14-22(19(23)24)16-18-9-7-17(15-20)8-10-18/h7-10H,3-6,11-14,16H2,1-2H3,(H,23,24). The van der Waals surface area contributed by atoms with E-state index in [0.717, 1.165) is 50.9 Å². The molecule has 0 saturated heterocycles. The van der Waals surface area contributed by atoms with Gasteiger partial charge in [0.1, 0.15) is 0 Å². The van der Waals surface area contributed by atoms with Gasteiger partial charge in [0.2, 0.25) is 0 Å².